The van der Waals surface area contributed by atoms with E-state index in [4.69, 9.17) is 15.2 Å². The van der Waals surface area contributed by atoms with E-state index in [1.54, 1.807) is 12.1 Å². The average Bonchev–Trinajstić information content (AvgIpc) is 2.49. The Morgan fingerprint density at radius 3 is 2.15 bits per heavy atom. The maximum atomic E-state index is 9.26. The second-order valence-corrected chi connectivity index (χ2v) is 4.48. The highest BCUT2D eigenvalue weighted by atomic mass is 16.5. The zero-order chi connectivity index (χ0) is 15.2. The van der Waals surface area contributed by atoms with Gasteiger partial charge in [0.2, 0.25) is 0 Å². The number of hydrogen-bond acceptors (Lipinski definition) is 7. The molecule has 0 heterocycles. The van der Waals surface area contributed by atoms with Crippen LogP contribution in [0.25, 0.3) is 0 Å². The van der Waals surface area contributed by atoms with Crippen LogP contribution in [-0.2, 0) is 6.54 Å². The Hall–Kier alpha value is -1.54. The van der Waals surface area contributed by atoms with Crippen molar-refractivity contribution in [2.45, 2.75) is 12.1 Å². The van der Waals surface area contributed by atoms with Gasteiger partial charge in [0.25, 0.3) is 0 Å². The van der Waals surface area contributed by atoms with Crippen molar-refractivity contribution in [3.05, 3.63) is 17.7 Å². The predicted molar refractivity (Wildman–Crippen MR) is 74.8 cm³/mol. The third-order valence-electron chi connectivity index (χ3n) is 3.22. The van der Waals surface area contributed by atoms with Gasteiger partial charge in [-0.15, -0.1) is 0 Å². The van der Waals surface area contributed by atoms with Crippen LogP contribution in [0, 0.1) is 0 Å². The lowest BCUT2D eigenvalue weighted by Gasteiger charge is -2.29. The van der Waals surface area contributed by atoms with E-state index in [9.17, 15) is 15.3 Å². The lowest BCUT2D eigenvalue weighted by atomic mass is 10.0. The van der Waals surface area contributed by atoms with Crippen LogP contribution in [0.5, 0.6) is 11.5 Å². The molecule has 0 aliphatic carbocycles. The quantitative estimate of drug-likeness (QED) is 0.393. The van der Waals surface area contributed by atoms with Gasteiger partial charge in [-0.25, -0.2) is 0 Å². The topological polar surface area (TPSA) is 117 Å². The van der Waals surface area contributed by atoms with Crippen LogP contribution >= 0.6 is 0 Å². The number of benzene rings is 1. The summed E-state index contributed by atoms with van der Waals surface area (Å²) in [5, 5.41) is 30.7. The number of aliphatic hydroxyl groups is 3. The van der Waals surface area contributed by atoms with Crippen LogP contribution in [0.2, 0.25) is 0 Å². The Bertz CT molecular complexity index is 427. The summed E-state index contributed by atoms with van der Waals surface area (Å²) < 4.78 is 10.4. The minimum absolute atomic E-state index is 0.263. The predicted octanol–water partition coefficient (Wildman–Crippen LogP) is -0.909. The molecular formula is C13H22N2O5. The molecule has 6 N–H and O–H groups in total. The molecule has 1 aromatic carbocycles. The van der Waals surface area contributed by atoms with Gasteiger partial charge in [0, 0.05) is 12.1 Å². The Kier molecular flexibility index (Phi) is 6.03. The molecule has 0 unspecified atom stereocenters. The Labute approximate surface area is 117 Å². The van der Waals surface area contributed by atoms with Crippen molar-refractivity contribution < 1.29 is 24.8 Å². The Morgan fingerprint density at radius 1 is 1.10 bits per heavy atom. The second kappa shape index (κ2) is 7.30. The number of methoxy groups -OCH3 is 2. The number of anilines is 1. The highest BCUT2D eigenvalue weighted by molar-refractivity contribution is 5.65. The van der Waals surface area contributed by atoms with Crippen LogP contribution in [0.1, 0.15) is 5.56 Å². The van der Waals surface area contributed by atoms with Crippen LogP contribution in [-0.4, -0.2) is 54.9 Å². The molecule has 20 heavy (non-hydrogen) atoms. The fourth-order valence-electron chi connectivity index (χ4n) is 1.79. The molecule has 7 heteroatoms. The molecule has 0 aromatic heterocycles. The first kappa shape index (κ1) is 16.5. The number of nitrogens with two attached hydrogens (primary N) is 1. The molecule has 114 valence electrons. The van der Waals surface area contributed by atoms with Gasteiger partial charge in [0.15, 0.2) is 0 Å². The van der Waals surface area contributed by atoms with Gasteiger partial charge < -0.3 is 35.8 Å². The fourth-order valence-corrected chi connectivity index (χ4v) is 1.79. The molecule has 0 spiro atoms. The van der Waals surface area contributed by atoms with Crippen LogP contribution in [0.3, 0.4) is 0 Å². The lowest BCUT2D eigenvalue weighted by Crippen LogP contribution is -2.54. The van der Waals surface area contributed by atoms with Gasteiger partial charge >= 0.3 is 0 Å². The average molecular weight is 286 g/mol. The number of nitrogens with one attached hydrogen (secondary N) is 1. The molecule has 0 amide bonds. The summed E-state index contributed by atoms with van der Waals surface area (Å²) in [5.41, 5.74) is 5.86. The summed E-state index contributed by atoms with van der Waals surface area (Å²) in [6.07, 6.45) is 0. The number of nitrogen functional groups attached to an aromatic ring is 1. The summed E-state index contributed by atoms with van der Waals surface area (Å²) in [6, 6.07) is 3.46. The molecule has 0 bridgehead atoms. The van der Waals surface area contributed by atoms with Crippen LogP contribution < -0.4 is 20.5 Å². The number of rotatable bonds is 8. The molecule has 7 nitrogen and oxygen atoms in total. The Morgan fingerprint density at radius 2 is 1.70 bits per heavy atom. The van der Waals surface area contributed by atoms with Crippen molar-refractivity contribution in [1.82, 2.24) is 5.32 Å². The Balaban J connectivity index is 2.95. The third kappa shape index (κ3) is 3.31. The van der Waals surface area contributed by atoms with E-state index < -0.39 is 25.4 Å². The van der Waals surface area contributed by atoms with Gasteiger partial charge in [-0.05, 0) is 6.07 Å². The largest absolute Gasteiger partial charge is 0.494 e. The van der Waals surface area contributed by atoms with Crippen LogP contribution in [0.4, 0.5) is 5.69 Å². The summed E-state index contributed by atoms with van der Waals surface area (Å²) in [6.45, 7) is -0.922. The fraction of sp³-hybridized carbons (Fsp3) is 0.538. The maximum Gasteiger partial charge on any atom is 0.150 e. The summed E-state index contributed by atoms with van der Waals surface area (Å²) in [5.74, 6) is 0.961. The third-order valence-corrected chi connectivity index (χ3v) is 3.22. The van der Waals surface area contributed by atoms with Crippen molar-refractivity contribution >= 4 is 5.69 Å². The molecule has 0 atom stereocenters. The molecule has 0 fully saturated rings. The van der Waals surface area contributed by atoms with Crippen molar-refractivity contribution in [1.29, 1.82) is 0 Å². The van der Waals surface area contributed by atoms with Crippen molar-refractivity contribution in [3.8, 4) is 11.5 Å². The van der Waals surface area contributed by atoms with Gasteiger partial charge in [-0.3, -0.25) is 0 Å². The van der Waals surface area contributed by atoms with E-state index in [2.05, 4.69) is 5.32 Å². The van der Waals surface area contributed by atoms with E-state index >= 15 is 0 Å². The van der Waals surface area contributed by atoms with E-state index in [1.807, 2.05) is 0 Å². The first-order valence-corrected chi connectivity index (χ1v) is 6.14. The molecule has 0 radical (unpaired) electrons. The van der Waals surface area contributed by atoms with E-state index in [1.165, 1.54) is 14.2 Å². The smallest absolute Gasteiger partial charge is 0.150 e. The molecule has 0 saturated heterocycles. The summed E-state index contributed by atoms with van der Waals surface area (Å²) in [7, 11) is 3.00. The number of aliphatic hydroxyl groups excluding tert-OH is 3. The normalized spacial score (nSPS) is 11.4. The SMILES string of the molecule is COc1ccc(CNC(CO)(CO)CO)c(OC)c1N. The molecule has 0 saturated carbocycles. The van der Waals surface area contributed by atoms with E-state index in [-0.39, 0.29) is 6.54 Å². The summed E-state index contributed by atoms with van der Waals surface area (Å²) >= 11 is 0. The van der Waals surface area contributed by atoms with Crippen molar-refractivity contribution in [2.75, 3.05) is 39.8 Å². The highest BCUT2D eigenvalue weighted by Gasteiger charge is 2.27. The van der Waals surface area contributed by atoms with E-state index in [0.29, 0.717) is 17.2 Å². The first-order chi connectivity index (χ1) is 9.57. The molecule has 1 rings (SSSR count). The zero-order valence-electron chi connectivity index (χ0n) is 11.7. The number of hydrogen-bond donors (Lipinski definition) is 5. The molecule has 0 aliphatic rings. The van der Waals surface area contributed by atoms with Crippen LogP contribution in [0.15, 0.2) is 12.1 Å². The summed E-state index contributed by atoms with van der Waals surface area (Å²) in [4.78, 5) is 0. The maximum absolute atomic E-state index is 9.26. The second-order valence-electron chi connectivity index (χ2n) is 4.48. The standard InChI is InChI=1S/C13H22N2O5/c1-19-10-4-3-9(12(20-2)11(10)14)5-15-13(6-16,7-17)8-18/h3-4,15-18H,5-8,14H2,1-2H3. The van der Waals surface area contributed by atoms with Gasteiger partial charge in [-0.1, -0.05) is 6.07 Å². The first-order valence-electron chi connectivity index (χ1n) is 6.14. The molecule has 0 aliphatic heterocycles. The van der Waals surface area contributed by atoms with Crippen molar-refractivity contribution in [3.63, 3.8) is 0 Å². The highest BCUT2D eigenvalue weighted by Crippen LogP contribution is 2.34. The molecular weight excluding hydrogens is 264 g/mol. The van der Waals surface area contributed by atoms with Gasteiger partial charge in [-0.2, -0.15) is 0 Å². The van der Waals surface area contributed by atoms with Gasteiger partial charge in [0.1, 0.15) is 17.2 Å². The minimum Gasteiger partial charge on any atom is -0.494 e. The monoisotopic (exact) mass is 286 g/mol. The van der Waals surface area contributed by atoms with Gasteiger partial charge in [0.05, 0.1) is 39.6 Å². The molecule has 1 aromatic rings. The zero-order valence-corrected chi connectivity index (χ0v) is 11.7. The lowest BCUT2D eigenvalue weighted by molar-refractivity contribution is 0.0412. The van der Waals surface area contributed by atoms with E-state index in [0.717, 1.165) is 5.56 Å². The minimum atomic E-state index is -1.15. The van der Waals surface area contributed by atoms with Crippen molar-refractivity contribution in [2.24, 2.45) is 0 Å². The number of ether oxygens (including phenoxy) is 2.